The number of rotatable bonds is 3. The lowest BCUT2D eigenvalue weighted by Gasteiger charge is -2.23. The van der Waals surface area contributed by atoms with Gasteiger partial charge in [0.25, 0.3) is 0 Å². The van der Waals surface area contributed by atoms with Gasteiger partial charge in [-0.05, 0) is 25.5 Å². The van der Waals surface area contributed by atoms with E-state index in [1.165, 1.54) is 17.5 Å². The van der Waals surface area contributed by atoms with Gasteiger partial charge in [0.15, 0.2) is 0 Å². The molecular formula is C14H15Cl2N3. The molecule has 0 radical (unpaired) electrons. The first-order chi connectivity index (χ1) is 9.04. The van der Waals surface area contributed by atoms with E-state index < -0.39 is 0 Å². The van der Waals surface area contributed by atoms with Crippen molar-refractivity contribution in [3.63, 3.8) is 0 Å². The molecule has 100 valence electrons. The number of aromatic nitrogens is 2. The lowest BCUT2D eigenvalue weighted by molar-refractivity contribution is 1.04. The molecule has 5 heteroatoms. The second-order valence-electron chi connectivity index (χ2n) is 4.45. The Labute approximate surface area is 123 Å². The highest BCUT2D eigenvalue weighted by Crippen LogP contribution is 2.31. The number of nitrogens with zero attached hydrogens (tertiary/aromatic N) is 3. The molecule has 0 aliphatic rings. The fourth-order valence-corrected chi connectivity index (χ4v) is 2.59. The average Bonchev–Trinajstić information content (AvgIpc) is 2.37. The maximum absolute atomic E-state index is 6.06. The lowest BCUT2D eigenvalue weighted by atomic mass is 10.1. The Kier molecular flexibility index (Phi) is 4.27. The monoisotopic (exact) mass is 295 g/mol. The molecule has 0 aliphatic carbocycles. The summed E-state index contributed by atoms with van der Waals surface area (Å²) < 4.78 is 0. The van der Waals surface area contributed by atoms with E-state index in [0.717, 1.165) is 17.1 Å². The molecule has 0 amide bonds. The molecule has 19 heavy (non-hydrogen) atoms. The van der Waals surface area contributed by atoms with E-state index in [-0.39, 0.29) is 5.88 Å². The van der Waals surface area contributed by atoms with Gasteiger partial charge in [-0.15, -0.1) is 11.6 Å². The minimum Gasteiger partial charge on any atom is -0.329 e. The molecule has 1 heterocycles. The fourth-order valence-electron chi connectivity index (χ4n) is 2.08. The molecular weight excluding hydrogens is 281 g/mol. The van der Waals surface area contributed by atoms with Crippen LogP contribution in [0.1, 0.15) is 16.7 Å². The number of anilines is 2. The van der Waals surface area contributed by atoms with Gasteiger partial charge in [0, 0.05) is 18.3 Å². The molecule has 2 rings (SSSR count). The molecule has 2 aromatic rings. The predicted molar refractivity (Wildman–Crippen MR) is 80.6 cm³/mol. The van der Waals surface area contributed by atoms with E-state index in [1.54, 1.807) is 0 Å². The highest BCUT2D eigenvalue weighted by Gasteiger charge is 2.15. The second-order valence-corrected chi connectivity index (χ2v) is 5.07. The average molecular weight is 296 g/mol. The minimum absolute atomic E-state index is 0.282. The van der Waals surface area contributed by atoms with Crippen molar-refractivity contribution in [2.24, 2.45) is 0 Å². The van der Waals surface area contributed by atoms with E-state index in [9.17, 15) is 0 Å². The first-order valence-electron chi connectivity index (χ1n) is 5.91. The third-order valence-electron chi connectivity index (χ3n) is 3.04. The highest BCUT2D eigenvalue weighted by atomic mass is 35.5. The molecule has 0 atom stereocenters. The number of hydrogen-bond donors (Lipinski definition) is 0. The van der Waals surface area contributed by atoms with Crippen LogP contribution in [-0.4, -0.2) is 17.0 Å². The summed E-state index contributed by atoms with van der Waals surface area (Å²) in [6, 6.07) is 6.27. The normalized spacial score (nSPS) is 10.6. The lowest BCUT2D eigenvalue weighted by Crippen LogP contribution is -2.15. The summed E-state index contributed by atoms with van der Waals surface area (Å²) in [6.45, 7) is 4.14. The van der Waals surface area contributed by atoms with E-state index in [4.69, 9.17) is 23.2 Å². The van der Waals surface area contributed by atoms with Crippen LogP contribution < -0.4 is 4.90 Å². The molecule has 0 saturated heterocycles. The Bertz CT molecular complexity index is 599. The van der Waals surface area contributed by atoms with Gasteiger partial charge in [-0.25, -0.2) is 9.97 Å². The zero-order valence-corrected chi connectivity index (χ0v) is 12.6. The van der Waals surface area contributed by atoms with Gasteiger partial charge in [-0.3, -0.25) is 0 Å². The molecule has 3 nitrogen and oxygen atoms in total. The van der Waals surface area contributed by atoms with Crippen LogP contribution in [0.25, 0.3) is 0 Å². The van der Waals surface area contributed by atoms with Crippen LogP contribution in [0, 0.1) is 13.8 Å². The molecule has 0 N–H and O–H groups in total. The van der Waals surface area contributed by atoms with Gasteiger partial charge < -0.3 is 4.90 Å². The third kappa shape index (κ3) is 2.82. The molecule has 1 aromatic carbocycles. The summed E-state index contributed by atoms with van der Waals surface area (Å²) in [4.78, 5) is 10.2. The largest absolute Gasteiger partial charge is 0.329 e. The quantitative estimate of drug-likeness (QED) is 0.626. The standard InChI is InChI=1S/C14H15Cl2N3/c1-9-4-5-12(10(2)6-9)19(3)14-11(7-15)13(16)17-8-18-14/h4-6,8H,7H2,1-3H3. The zero-order chi connectivity index (χ0) is 14.0. The molecule has 1 aromatic heterocycles. The van der Waals surface area contributed by atoms with Crippen LogP contribution in [0.3, 0.4) is 0 Å². The first kappa shape index (κ1) is 14.1. The van der Waals surface area contributed by atoms with Gasteiger partial charge in [0.05, 0.1) is 5.88 Å². The van der Waals surface area contributed by atoms with Crippen molar-refractivity contribution in [1.82, 2.24) is 9.97 Å². The van der Waals surface area contributed by atoms with Crippen LogP contribution in [0.15, 0.2) is 24.5 Å². The van der Waals surface area contributed by atoms with Gasteiger partial charge in [-0.2, -0.15) is 0 Å². The number of benzene rings is 1. The van der Waals surface area contributed by atoms with E-state index in [2.05, 4.69) is 42.0 Å². The number of halogens is 2. The van der Waals surface area contributed by atoms with Gasteiger partial charge in [0.2, 0.25) is 0 Å². The Morgan fingerprint density at radius 3 is 2.58 bits per heavy atom. The van der Waals surface area contributed by atoms with Crippen molar-refractivity contribution in [2.45, 2.75) is 19.7 Å². The summed E-state index contributed by atoms with van der Waals surface area (Å²) in [7, 11) is 1.95. The van der Waals surface area contributed by atoms with E-state index >= 15 is 0 Å². The zero-order valence-electron chi connectivity index (χ0n) is 11.1. The molecule has 0 aliphatic heterocycles. The molecule has 0 unspecified atom stereocenters. The van der Waals surface area contributed by atoms with Crippen molar-refractivity contribution in [2.75, 3.05) is 11.9 Å². The minimum atomic E-state index is 0.282. The van der Waals surface area contributed by atoms with Gasteiger partial charge in [0.1, 0.15) is 17.3 Å². The van der Waals surface area contributed by atoms with Crippen LogP contribution in [0.4, 0.5) is 11.5 Å². The number of alkyl halides is 1. The van der Waals surface area contributed by atoms with Gasteiger partial charge in [-0.1, -0.05) is 29.3 Å². The van der Waals surface area contributed by atoms with Crippen LogP contribution in [-0.2, 0) is 5.88 Å². The molecule has 0 saturated carbocycles. The molecule has 0 spiro atoms. The molecule has 0 bridgehead atoms. The van der Waals surface area contributed by atoms with E-state index in [0.29, 0.717) is 5.15 Å². The summed E-state index contributed by atoms with van der Waals surface area (Å²) in [6.07, 6.45) is 1.45. The second kappa shape index (κ2) is 5.76. The number of hydrogen-bond acceptors (Lipinski definition) is 3. The van der Waals surface area contributed by atoms with Crippen molar-refractivity contribution < 1.29 is 0 Å². The number of aryl methyl sites for hydroxylation is 2. The van der Waals surface area contributed by atoms with Crippen molar-refractivity contribution in [3.05, 3.63) is 46.4 Å². The smallest absolute Gasteiger partial charge is 0.142 e. The summed E-state index contributed by atoms with van der Waals surface area (Å²) in [5.41, 5.74) is 4.23. The van der Waals surface area contributed by atoms with Crippen LogP contribution in [0.5, 0.6) is 0 Å². The third-order valence-corrected chi connectivity index (χ3v) is 3.63. The maximum atomic E-state index is 6.06. The first-order valence-corrected chi connectivity index (χ1v) is 6.82. The van der Waals surface area contributed by atoms with Crippen molar-refractivity contribution in [1.29, 1.82) is 0 Å². The fraction of sp³-hybridized carbons (Fsp3) is 0.286. The van der Waals surface area contributed by atoms with Crippen LogP contribution >= 0.6 is 23.2 Å². The van der Waals surface area contributed by atoms with Crippen molar-refractivity contribution in [3.8, 4) is 0 Å². The Morgan fingerprint density at radius 2 is 1.95 bits per heavy atom. The molecule has 0 fully saturated rings. The Balaban J connectivity index is 2.50. The maximum Gasteiger partial charge on any atom is 0.142 e. The van der Waals surface area contributed by atoms with Gasteiger partial charge >= 0.3 is 0 Å². The summed E-state index contributed by atoms with van der Waals surface area (Å²) >= 11 is 12.0. The highest BCUT2D eigenvalue weighted by molar-refractivity contribution is 6.31. The SMILES string of the molecule is Cc1ccc(N(C)c2ncnc(Cl)c2CCl)c(C)c1. The summed E-state index contributed by atoms with van der Waals surface area (Å²) in [5.74, 6) is 1.02. The summed E-state index contributed by atoms with van der Waals surface area (Å²) in [5, 5.41) is 0.400. The van der Waals surface area contributed by atoms with Crippen LogP contribution in [0.2, 0.25) is 5.15 Å². The Hall–Kier alpha value is -1.32. The predicted octanol–water partition coefficient (Wildman–Crippen LogP) is 4.25. The topological polar surface area (TPSA) is 29.0 Å². The Morgan fingerprint density at radius 1 is 1.21 bits per heavy atom. The van der Waals surface area contributed by atoms with E-state index in [1.807, 2.05) is 11.9 Å². The van der Waals surface area contributed by atoms with Crippen molar-refractivity contribution >= 4 is 34.7 Å².